The Hall–Kier alpha value is -1.19. The normalized spacial score (nSPS) is 32.3. The van der Waals surface area contributed by atoms with Gasteiger partial charge in [-0.25, -0.2) is 0 Å². The third-order valence-electron chi connectivity index (χ3n) is 5.30. The number of alkyl halides is 3. The van der Waals surface area contributed by atoms with Gasteiger partial charge in [-0.1, -0.05) is 13.3 Å². The van der Waals surface area contributed by atoms with E-state index in [2.05, 4.69) is 5.10 Å². The van der Waals surface area contributed by atoms with Crippen molar-refractivity contribution < 1.29 is 27.8 Å². The minimum atomic E-state index is -4.95. The van der Waals surface area contributed by atoms with E-state index < -0.39 is 29.6 Å². The van der Waals surface area contributed by atoms with E-state index in [0.29, 0.717) is 50.7 Å². The predicted molar refractivity (Wildman–Crippen MR) is 83.7 cm³/mol. The molecule has 25 heavy (non-hydrogen) atoms. The molecule has 0 aromatic rings. The number of fused-ring (bicyclic) bond motifs is 1. The van der Waals surface area contributed by atoms with Crippen LogP contribution in [0.4, 0.5) is 13.2 Å². The summed E-state index contributed by atoms with van der Waals surface area (Å²) < 4.78 is 46.3. The second kappa shape index (κ2) is 6.85. The zero-order valence-electron chi connectivity index (χ0n) is 14.3. The Morgan fingerprint density at radius 1 is 1.40 bits per heavy atom. The van der Waals surface area contributed by atoms with Crippen LogP contribution in [0.15, 0.2) is 5.10 Å². The summed E-state index contributed by atoms with van der Waals surface area (Å²) in [5.41, 5.74) is -2.93. The fourth-order valence-corrected chi connectivity index (χ4v) is 3.89. The van der Waals surface area contributed by atoms with Crippen molar-refractivity contribution in [2.45, 2.75) is 44.5 Å². The molecule has 6 nitrogen and oxygen atoms in total. The fraction of sp³-hybridized carbons (Fsp3) is 0.875. The number of amides is 1. The molecule has 0 unspecified atom stereocenters. The van der Waals surface area contributed by atoms with E-state index in [1.807, 2.05) is 4.90 Å². The molecule has 1 saturated carbocycles. The number of hydrogen-bond donors (Lipinski definition) is 1. The average Bonchev–Trinajstić information content (AvgIpc) is 2.89. The van der Waals surface area contributed by atoms with Gasteiger partial charge in [0.2, 0.25) is 5.91 Å². The number of aliphatic hydroxyl groups is 1. The molecule has 1 aliphatic carbocycles. The molecule has 1 amide bonds. The number of morpholine rings is 1. The van der Waals surface area contributed by atoms with Crippen LogP contribution in [-0.2, 0) is 9.53 Å². The first-order valence-electron chi connectivity index (χ1n) is 8.75. The van der Waals surface area contributed by atoms with Gasteiger partial charge in [0.05, 0.1) is 19.1 Å². The molecule has 2 heterocycles. The first-order chi connectivity index (χ1) is 11.7. The van der Waals surface area contributed by atoms with Gasteiger partial charge in [-0.15, -0.1) is 0 Å². The zero-order valence-corrected chi connectivity index (χ0v) is 14.3. The Kier molecular flexibility index (Phi) is 5.09. The summed E-state index contributed by atoms with van der Waals surface area (Å²) in [6, 6.07) is 0. The van der Waals surface area contributed by atoms with Crippen LogP contribution >= 0.6 is 0 Å². The molecule has 0 radical (unpaired) electrons. The summed E-state index contributed by atoms with van der Waals surface area (Å²) in [5, 5.41) is 14.8. The molecule has 9 heteroatoms. The van der Waals surface area contributed by atoms with E-state index in [0.717, 1.165) is 6.42 Å². The van der Waals surface area contributed by atoms with Gasteiger partial charge >= 0.3 is 6.18 Å². The largest absolute Gasteiger partial charge is 0.439 e. The van der Waals surface area contributed by atoms with Crippen molar-refractivity contribution >= 4 is 11.6 Å². The van der Waals surface area contributed by atoms with Gasteiger partial charge in [-0.3, -0.25) is 9.69 Å². The molecule has 0 bridgehead atoms. The monoisotopic (exact) mass is 363 g/mol. The van der Waals surface area contributed by atoms with Crippen molar-refractivity contribution in [2.24, 2.45) is 16.9 Å². The maximum atomic E-state index is 13.7. The van der Waals surface area contributed by atoms with Gasteiger partial charge in [0.1, 0.15) is 0 Å². The summed E-state index contributed by atoms with van der Waals surface area (Å²) in [7, 11) is 0. The van der Waals surface area contributed by atoms with Crippen LogP contribution in [0.2, 0.25) is 0 Å². The van der Waals surface area contributed by atoms with Gasteiger partial charge < -0.3 is 9.84 Å². The molecular formula is C16H24F3N3O3. The van der Waals surface area contributed by atoms with Gasteiger partial charge in [-0.05, 0) is 19.3 Å². The van der Waals surface area contributed by atoms with Crippen molar-refractivity contribution in [3.8, 4) is 0 Å². The smallest absolute Gasteiger partial charge is 0.379 e. The van der Waals surface area contributed by atoms with Crippen LogP contribution in [0.25, 0.3) is 0 Å². The van der Waals surface area contributed by atoms with Crippen LogP contribution in [0.1, 0.15) is 32.6 Å². The average molecular weight is 363 g/mol. The lowest BCUT2D eigenvalue weighted by atomic mass is 9.80. The highest BCUT2D eigenvalue weighted by molar-refractivity contribution is 5.93. The third-order valence-corrected chi connectivity index (χ3v) is 5.30. The molecule has 3 aliphatic rings. The molecule has 3 atom stereocenters. The van der Waals surface area contributed by atoms with Crippen LogP contribution in [0, 0.1) is 11.8 Å². The molecule has 1 saturated heterocycles. The Labute approximate surface area is 144 Å². The maximum absolute atomic E-state index is 13.7. The lowest BCUT2D eigenvalue weighted by Gasteiger charge is -2.39. The lowest BCUT2D eigenvalue weighted by Crippen LogP contribution is -2.62. The number of carbonyl (C=O) groups excluding carboxylic acids is 1. The molecular weight excluding hydrogens is 339 g/mol. The number of ether oxygens (including phenoxy) is 1. The van der Waals surface area contributed by atoms with Gasteiger partial charge in [0.25, 0.3) is 5.72 Å². The molecule has 1 N–H and O–H groups in total. The van der Waals surface area contributed by atoms with E-state index in [4.69, 9.17) is 4.74 Å². The summed E-state index contributed by atoms with van der Waals surface area (Å²) in [6.07, 6.45) is -3.04. The molecule has 2 aliphatic heterocycles. The molecule has 3 rings (SSSR count). The van der Waals surface area contributed by atoms with Crippen molar-refractivity contribution in [1.82, 2.24) is 9.91 Å². The van der Waals surface area contributed by atoms with E-state index >= 15 is 0 Å². The van der Waals surface area contributed by atoms with Crippen LogP contribution in [0.3, 0.4) is 0 Å². The molecule has 0 aromatic carbocycles. The minimum absolute atomic E-state index is 0.191. The first kappa shape index (κ1) is 18.6. The zero-order chi connectivity index (χ0) is 18.2. The van der Waals surface area contributed by atoms with Crippen molar-refractivity contribution in [3.05, 3.63) is 0 Å². The van der Waals surface area contributed by atoms with Gasteiger partial charge in [-0.2, -0.15) is 23.3 Å². The van der Waals surface area contributed by atoms with Gasteiger partial charge in [0.15, 0.2) is 0 Å². The summed E-state index contributed by atoms with van der Waals surface area (Å²) in [6.45, 7) is 4.26. The maximum Gasteiger partial charge on any atom is 0.439 e. The Balaban J connectivity index is 1.80. The van der Waals surface area contributed by atoms with Crippen molar-refractivity contribution in [3.63, 3.8) is 0 Å². The highest BCUT2D eigenvalue weighted by Crippen LogP contribution is 2.48. The first-order valence-corrected chi connectivity index (χ1v) is 8.75. The van der Waals surface area contributed by atoms with E-state index in [1.165, 1.54) is 0 Å². The molecule has 0 spiro atoms. The molecule has 142 valence electrons. The lowest BCUT2D eigenvalue weighted by molar-refractivity contribution is -0.317. The third kappa shape index (κ3) is 3.29. The second-order valence-electron chi connectivity index (χ2n) is 7.08. The SMILES string of the molecule is C[C@H](CN1CCOCC1)C(=O)N1N=C2CCCC[C@@H]2[C@]1(O)C(F)(F)F. The number of nitrogens with zero attached hydrogens (tertiary/aromatic N) is 3. The standard InChI is InChI=1S/C16H24F3N3O3/c1-11(10-21-6-8-25-9-7-21)14(23)22-15(24,16(17,18)19)12-4-2-3-5-13(12)20-22/h11-12,24H,2-10H2,1H3/t11-,12+,15+/m1/s1. The number of halogens is 3. The van der Waals surface area contributed by atoms with Gasteiger partial charge in [0, 0.05) is 31.3 Å². The highest BCUT2D eigenvalue weighted by atomic mass is 19.4. The van der Waals surface area contributed by atoms with E-state index in [9.17, 15) is 23.1 Å². The fourth-order valence-electron chi connectivity index (χ4n) is 3.89. The van der Waals surface area contributed by atoms with Crippen LogP contribution in [-0.4, -0.2) is 71.4 Å². The molecule has 0 aromatic heterocycles. The number of carbonyl (C=O) groups is 1. The van der Waals surface area contributed by atoms with Crippen LogP contribution in [0.5, 0.6) is 0 Å². The van der Waals surface area contributed by atoms with Crippen LogP contribution < -0.4 is 0 Å². The highest BCUT2D eigenvalue weighted by Gasteiger charge is 2.68. The Morgan fingerprint density at radius 3 is 2.72 bits per heavy atom. The second-order valence-corrected chi connectivity index (χ2v) is 7.08. The Bertz CT molecular complexity index is 548. The quantitative estimate of drug-likeness (QED) is 0.827. The van der Waals surface area contributed by atoms with Crippen molar-refractivity contribution in [2.75, 3.05) is 32.8 Å². The number of hydrogen-bond acceptors (Lipinski definition) is 5. The topological polar surface area (TPSA) is 65.4 Å². The predicted octanol–water partition coefficient (Wildman–Crippen LogP) is 1.59. The van der Waals surface area contributed by atoms with Crippen molar-refractivity contribution in [1.29, 1.82) is 0 Å². The summed E-state index contributed by atoms with van der Waals surface area (Å²) in [5.74, 6) is -2.63. The number of hydrazone groups is 1. The molecule has 2 fully saturated rings. The van der Waals surface area contributed by atoms with E-state index in [-0.39, 0.29) is 12.1 Å². The summed E-state index contributed by atoms with van der Waals surface area (Å²) >= 11 is 0. The number of rotatable bonds is 3. The Morgan fingerprint density at radius 2 is 2.08 bits per heavy atom. The van der Waals surface area contributed by atoms with E-state index in [1.54, 1.807) is 6.92 Å². The minimum Gasteiger partial charge on any atom is -0.379 e. The summed E-state index contributed by atoms with van der Waals surface area (Å²) in [4.78, 5) is 14.7.